The average Bonchev–Trinajstić information content (AvgIpc) is 2.53. The van der Waals surface area contributed by atoms with Gasteiger partial charge in [0, 0.05) is 17.2 Å². The van der Waals surface area contributed by atoms with Gasteiger partial charge in [0.15, 0.2) is 11.5 Å². The molecule has 0 unspecified atom stereocenters. The summed E-state index contributed by atoms with van der Waals surface area (Å²) in [6.07, 6.45) is 0. The van der Waals surface area contributed by atoms with Gasteiger partial charge in [-0.1, -0.05) is 17.7 Å². The molecule has 0 fully saturated rings. The van der Waals surface area contributed by atoms with Crippen molar-refractivity contribution in [3.05, 3.63) is 41.4 Å². The SMILES string of the molecule is COc1cc(NS(=O)(=O)c2cccc(Cl)c2)cc(OC)c1OC. The lowest BCUT2D eigenvalue weighted by Crippen LogP contribution is -2.13. The van der Waals surface area contributed by atoms with Gasteiger partial charge in [0.25, 0.3) is 10.0 Å². The molecule has 0 heterocycles. The predicted molar refractivity (Wildman–Crippen MR) is 88.4 cm³/mol. The normalized spacial score (nSPS) is 11.0. The molecule has 0 aromatic heterocycles. The van der Waals surface area contributed by atoms with Gasteiger partial charge in [-0.15, -0.1) is 0 Å². The summed E-state index contributed by atoms with van der Waals surface area (Å²) in [6, 6.07) is 8.98. The zero-order valence-corrected chi connectivity index (χ0v) is 14.4. The minimum Gasteiger partial charge on any atom is -0.493 e. The summed E-state index contributed by atoms with van der Waals surface area (Å²) in [7, 11) is 0.579. The van der Waals surface area contributed by atoms with E-state index in [9.17, 15) is 8.42 Å². The molecule has 0 bridgehead atoms. The standard InChI is InChI=1S/C15H16ClNO5S/c1-20-13-8-11(9-14(21-2)15(13)22-3)17-23(18,19)12-6-4-5-10(16)7-12/h4-9,17H,1-3H3. The van der Waals surface area contributed by atoms with Gasteiger partial charge in [0.2, 0.25) is 5.75 Å². The Balaban J connectivity index is 2.43. The largest absolute Gasteiger partial charge is 0.493 e. The highest BCUT2D eigenvalue weighted by atomic mass is 35.5. The lowest BCUT2D eigenvalue weighted by atomic mass is 10.2. The van der Waals surface area contributed by atoms with E-state index < -0.39 is 10.0 Å². The van der Waals surface area contributed by atoms with Gasteiger partial charge in [-0.05, 0) is 18.2 Å². The number of methoxy groups -OCH3 is 3. The second-order valence-electron chi connectivity index (χ2n) is 4.48. The Morgan fingerprint density at radius 1 is 0.957 bits per heavy atom. The lowest BCUT2D eigenvalue weighted by molar-refractivity contribution is 0.325. The molecular formula is C15H16ClNO5S. The van der Waals surface area contributed by atoms with Crippen molar-refractivity contribution in [2.75, 3.05) is 26.1 Å². The third-order valence-corrected chi connectivity index (χ3v) is 4.64. The maximum atomic E-state index is 12.4. The number of sulfonamides is 1. The monoisotopic (exact) mass is 357 g/mol. The molecule has 0 aliphatic rings. The molecule has 8 heteroatoms. The molecular weight excluding hydrogens is 342 g/mol. The fraction of sp³-hybridized carbons (Fsp3) is 0.200. The molecule has 1 N–H and O–H groups in total. The number of rotatable bonds is 6. The summed E-state index contributed by atoms with van der Waals surface area (Å²) in [4.78, 5) is 0.0544. The molecule has 0 atom stereocenters. The molecule has 2 aromatic rings. The van der Waals surface area contributed by atoms with Gasteiger partial charge < -0.3 is 14.2 Å². The number of ether oxygens (including phenoxy) is 3. The molecule has 0 saturated heterocycles. The molecule has 0 aliphatic heterocycles. The van der Waals surface area contributed by atoms with E-state index in [1.54, 1.807) is 12.1 Å². The van der Waals surface area contributed by atoms with Gasteiger partial charge in [0.1, 0.15) is 0 Å². The molecule has 0 amide bonds. The molecule has 0 aliphatic carbocycles. The Bertz CT molecular complexity index is 782. The lowest BCUT2D eigenvalue weighted by Gasteiger charge is -2.15. The van der Waals surface area contributed by atoms with Crippen LogP contribution in [-0.4, -0.2) is 29.7 Å². The van der Waals surface area contributed by atoms with Crippen molar-refractivity contribution in [2.45, 2.75) is 4.90 Å². The highest BCUT2D eigenvalue weighted by molar-refractivity contribution is 7.92. The van der Waals surface area contributed by atoms with Crippen LogP contribution in [0.25, 0.3) is 0 Å². The van der Waals surface area contributed by atoms with E-state index >= 15 is 0 Å². The van der Waals surface area contributed by atoms with Crippen molar-refractivity contribution in [1.82, 2.24) is 0 Å². The number of hydrogen-bond acceptors (Lipinski definition) is 5. The fourth-order valence-corrected chi connectivity index (χ4v) is 3.33. The van der Waals surface area contributed by atoms with Gasteiger partial charge in [-0.25, -0.2) is 8.42 Å². The van der Waals surface area contributed by atoms with E-state index in [2.05, 4.69) is 4.72 Å². The van der Waals surface area contributed by atoms with E-state index in [0.29, 0.717) is 22.3 Å². The van der Waals surface area contributed by atoms with Gasteiger partial charge in [-0.3, -0.25) is 4.72 Å². The maximum Gasteiger partial charge on any atom is 0.261 e. The van der Waals surface area contributed by atoms with Crippen LogP contribution >= 0.6 is 11.6 Å². The van der Waals surface area contributed by atoms with Crippen LogP contribution in [0.5, 0.6) is 17.2 Å². The van der Waals surface area contributed by atoms with Crippen LogP contribution in [0.1, 0.15) is 0 Å². The quantitative estimate of drug-likeness (QED) is 0.859. The number of anilines is 1. The van der Waals surface area contributed by atoms with Crippen LogP contribution in [0.3, 0.4) is 0 Å². The summed E-state index contributed by atoms with van der Waals surface area (Å²) in [5.74, 6) is 1.06. The first-order chi connectivity index (χ1) is 10.9. The first kappa shape index (κ1) is 17.2. The first-order valence-corrected chi connectivity index (χ1v) is 8.35. The van der Waals surface area contributed by atoms with Gasteiger partial charge in [-0.2, -0.15) is 0 Å². The summed E-state index contributed by atoms with van der Waals surface area (Å²) in [6.45, 7) is 0. The minimum atomic E-state index is -3.79. The Morgan fingerprint density at radius 3 is 2.04 bits per heavy atom. The molecule has 23 heavy (non-hydrogen) atoms. The van der Waals surface area contributed by atoms with Crippen molar-refractivity contribution in [3.63, 3.8) is 0 Å². The second kappa shape index (κ2) is 6.97. The Hall–Kier alpha value is -2.12. The van der Waals surface area contributed by atoms with Gasteiger partial charge in [0.05, 0.1) is 31.9 Å². The van der Waals surface area contributed by atoms with Crippen LogP contribution < -0.4 is 18.9 Å². The number of halogens is 1. The summed E-state index contributed by atoms with van der Waals surface area (Å²) >= 11 is 5.84. The second-order valence-corrected chi connectivity index (χ2v) is 6.60. The average molecular weight is 358 g/mol. The third kappa shape index (κ3) is 3.80. The van der Waals surface area contributed by atoms with Crippen LogP contribution in [-0.2, 0) is 10.0 Å². The third-order valence-electron chi connectivity index (χ3n) is 3.02. The van der Waals surface area contributed by atoms with Crippen molar-refractivity contribution < 1.29 is 22.6 Å². The number of hydrogen-bond donors (Lipinski definition) is 1. The number of benzene rings is 2. The first-order valence-electron chi connectivity index (χ1n) is 6.49. The number of nitrogens with one attached hydrogen (secondary N) is 1. The molecule has 6 nitrogen and oxygen atoms in total. The highest BCUT2D eigenvalue weighted by Gasteiger charge is 2.18. The molecule has 2 rings (SSSR count). The Kier molecular flexibility index (Phi) is 5.23. The molecule has 0 radical (unpaired) electrons. The van der Waals surface area contributed by atoms with Gasteiger partial charge >= 0.3 is 0 Å². The molecule has 0 spiro atoms. The highest BCUT2D eigenvalue weighted by Crippen LogP contribution is 2.40. The summed E-state index contributed by atoms with van der Waals surface area (Å²) in [5, 5.41) is 0.331. The van der Waals surface area contributed by atoms with Crippen LogP contribution in [0.4, 0.5) is 5.69 Å². The topological polar surface area (TPSA) is 73.9 Å². The minimum absolute atomic E-state index is 0.0544. The fourth-order valence-electron chi connectivity index (χ4n) is 1.99. The van der Waals surface area contributed by atoms with E-state index in [1.165, 1.54) is 45.6 Å². The zero-order chi connectivity index (χ0) is 17.0. The van der Waals surface area contributed by atoms with Crippen molar-refractivity contribution in [1.29, 1.82) is 0 Å². The van der Waals surface area contributed by atoms with E-state index in [4.69, 9.17) is 25.8 Å². The smallest absolute Gasteiger partial charge is 0.261 e. The summed E-state index contributed by atoms with van der Waals surface area (Å²) in [5.41, 5.74) is 0.277. The molecule has 2 aromatic carbocycles. The van der Waals surface area contributed by atoms with E-state index in [-0.39, 0.29) is 10.6 Å². The van der Waals surface area contributed by atoms with E-state index in [0.717, 1.165) is 0 Å². The zero-order valence-electron chi connectivity index (χ0n) is 12.8. The predicted octanol–water partition coefficient (Wildman–Crippen LogP) is 3.17. The maximum absolute atomic E-state index is 12.4. The Labute approximate surface area is 140 Å². The van der Waals surface area contributed by atoms with E-state index in [1.807, 2.05) is 0 Å². The van der Waals surface area contributed by atoms with Crippen LogP contribution in [0, 0.1) is 0 Å². The molecule has 0 saturated carbocycles. The van der Waals surface area contributed by atoms with Crippen molar-refractivity contribution in [3.8, 4) is 17.2 Å². The van der Waals surface area contributed by atoms with Crippen LogP contribution in [0.2, 0.25) is 5.02 Å². The molecule has 124 valence electrons. The van der Waals surface area contributed by atoms with Crippen molar-refractivity contribution >= 4 is 27.3 Å². The Morgan fingerprint density at radius 2 is 1.57 bits per heavy atom. The summed E-state index contributed by atoms with van der Waals surface area (Å²) < 4.78 is 42.9. The van der Waals surface area contributed by atoms with Crippen molar-refractivity contribution in [2.24, 2.45) is 0 Å². The van der Waals surface area contributed by atoms with Crippen LogP contribution in [0.15, 0.2) is 41.3 Å².